The van der Waals surface area contributed by atoms with Crippen molar-refractivity contribution in [1.82, 2.24) is 0 Å². The van der Waals surface area contributed by atoms with E-state index in [4.69, 9.17) is 0 Å². The number of allylic oxidation sites excluding steroid dienone is 1. The second kappa shape index (κ2) is 3.20. The van der Waals surface area contributed by atoms with Crippen molar-refractivity contribution in [3.8, 4) is 0 Å². The van der Waals surface area contributed by atoms with Crippen molar-refractivity contribution in [2.75, 3.05) is 0 Å². The molecule has 1 N–H and O–H groups in total. The van der Waals surface area contributed by atoms with Crippen molar-refractivity contribution in [2.24, 2.45) is 11.8 Å². The lowest BCUT2D eigenvalue weighted by Gasteiger charge is -2.26. The molecule has 58 valence electrons. The molecule has 1 rings (SSSR count). The topological polar surface area (TPSA) is 20.2 Å². The maximum absolute atomic E-state index is 9.45. The molecule has 0 unspecified atom stereocenters. The third kappa shape index (κ3) is 1.60. The maximum Gasteiger partial charge on any atom is 0.0751 e. The van der Waals surface area contributed by atoms with Gasteiger partial charge < -0.3 is 5.11 Å². The molecule has 0 fully saturated rings. The monoisotopic (exact) mass is 140 g/mol. The van der Waals surface area contributed by atoms with E-state index in [0.717, 1.165) is 12.8 Å². The molecule has 0 aromatic rings. The van der Waals surface area contributed by atoms with Crippen LogP contribution in [0.5, 0.6) is 0 Å². The van der Waals surface area contributed by atoms with Crippen LogP contribution in [-0.4, -0.2) is 11.2 Å². The molecule has 0 bridgehead atoms. The van der Waals surface area contributed by atoms with E-state index in [1.54, 1.807) is 0 Å². The average molecular weight is 140 g/mol. The zero-order valence-corrected chi connectivity index (χ0v) is 6.75. The summed E-state index contributed by atoms with van der Waals surface area (Å²) in [7, 11) is 0. The Balaban J connectivity index is 2.52. The first kappa shape index (κ1) is 7.80. The predicted octanol–water partition coefficient (Wildman–Crippen LogP) is 1.97. The lowest BCUT2D eigenvalue weighted by Crippen LogP contribution is -2.25. The average Bonchev–Trinajstić information content (AvgIpc) is 1.88. The number of hydrogen-bond acceptors (Lipinski definition) is 1. The third-order valence-corrected chi connectivity index (χ3v) is 2.29. The summed E-state index contributed by atoms with van der Waals surface area (Å²) in [5.74, 6) is 1.10. The molecule has 0 heterocycles. The van der Waals surface area contributed by atoms with E-state index in [0.29, 0.717) is 11.8 Å². The van der Waals surface area contributed by atoms with E-state index >= 15 is 0 Å². The Morgan fingerprint density at radius 3 is 2.60 bits per heavy atom. The number of rotatable bonds is 1. The van der Waals surface area contributed by atoms with Gasteiger partial charge in [-0.2, -0.15) is 0 Å². The molecule has 0 saturated carbocycles. The second-order valence-corrected chi connectivity index (χ2v) is 3.40. The first-order chi connectivity index (χ1) is 4.72. The summed E-state index contributed by atoms with van der Waals surface area (Å²) >= 11 is 0. The highest BCUT2D eigenvalue weighted by atomic mass is 16.3. The largest absolute Gasteiger partial charge is 0.389 e. The molecule has 0 amide bonds. The first-order valence-electron chi connectivity index (χ1n) is 4.06. The van der Waals surface area contributed by atoms with Gasteiger partial charge in [-0.25, -0.2) is 0 Å². The Kier molecular flexibility index (Phi) is 2.50. The van der Waals surface area contributed by atoms with Gasteiger partial charge in [-0.05, 0) is 24.7 Å². The van der Waals surface area contributed by atoms with Gasteiger partial charge in [-0.15, -0.1) is 0 Å². The Morgan fingerprint density at radius 2 is 2.20 bits per heavy atom. The van der Waals surface area contributed by atoms with Gasteiger partial charge in [0, 0.05) is 0 Å². The van der Waals surface area contributed by atoms with Crippen LogP contribution in [0.2, 0.25) is 0 Å². The Hall–Kier alpha value is -0.300. The molecular weight excluding hydrogens is 124 g/mol. The highest BCUT2D eigenvalue weighted by Crippen LogP contribution is 2.25. The fourth-order valence-electron chi connectivity index (χ4n) is 1.57. The van der Waals surface area contributed by atoms with E-state index in [-0.39, 0.29) is 6.10 Å². The molecular formula is C9H16O. The smallest absolute Gasteiger partial charge is 0.0751 e. The molecule has 1 aliphatic carbocycles. The van der Waals surface area contributed by atoms with Crippen LogP contribution in [0.1, 0.15) is 26.7 Å². The summed E-state index contributed by atoms with van der Waals surface area (Å²) in [4.78, 5) is 0. The zero-order chi connectivity index (χ0) is 7.56. The summed E-state index contributed by atoms with van der Waals surface area (Å²) in [6.45, 7) is 4.35. The molecule has 10 heavy (non-hydrogen) atoms. The molecule has 0 aromatic heterocycles. The van der Waals surface area contributed by atoms with E-state index in [1.807, 2.05) is 6.08 Å². The van der Waals surface area contributed by atoms with Crippen LogP contribution in [0.15, 0.2) is 12.2 Å². The van der Waals surface area contributed by atoms with Crippen molar-refractivity contribution in [1.29, 1.82) is 0 Å². The fraction of sp³-hybridized carbons (Fsp3) is 0.778. The van der Waals surface area contributed by atoms with Crippen molar-refractivity contribution >= 4 is 0 Å². The second-order valence-electron chi connectivity index (χ2n) is 3.40. The van der Waals surface area contributed by atoms with Crippen molar-refractivity contribution in [2.45, 2.75) is 32.8 Å². The SMILES string of the molecule is CC(C)[C@@H]1CCC=C[C@@H]1O. The molecule has 0 spiro atoms. The predicted molar refractivity (Wildman–Crippen MR) is 42.7 cm³/mol. The highest BCUT2D eigenvalue weighted by Gasteiger charge is 2.21. The van der Waals surface area contributed by atoms with Gasteiger partial charge in [-0.1, -0.05) is 26.0 Å². The van der Waals surface area contributed by atoms with Gasteiger partial charge in [0.1, 0.15) is 0 Å². The van der Waals surface area contributed by atoms with Crippen LogP contribution in [0.25, 0.3) is 0 Å². The minimum Gasteiger partial charge on any atom is -0.389 e. The molecule has 0 radical (unpaired) electrons. The fourth-order valence-corrected chi connectivity index (χ4v) is 1.57. The molecule has 2 atom stereocenters. The van der Waals surface area contributed by atoms with Crippen LogP contribution >= 0.6 is 0 Å². The van der Waals surface area contributed by atoms with Crippen LogP contribution < -0.4 is 0 Å². The summed E-state index contributed by atoms with van der Waals surface area (Å²) in [5, 5.41) is 9.45. The van der Waals surface area contributed by atoms with E-state index in [2.05, 4.69) is 19.9 Å². The van der Waals surface area contributed by atoms with Gasteiger partial charge in [-0.3, -0.25) is 0 Å². The Labute approximate surface area is 62.8 Å². The Morgan fingerprint density at radius 1 is 1.50 bits per heavy atom. The van der Waals surface area contributed by atoms with Gasteiger partial charge in [0.2, 0.25) is 0 Å². The standard InChI is InChI=1S/C9H16O/c1-7(2)8-5-3-4-6-9(8)10/h4,6-10H,3,5H2,1-2H3/t8-,9-/m0/s1. The molecule has 1 aliphatic rings. The minimum absolute atomic E-state index is 0.186. The number of hydrogen-bond donors (Lipinski definition) is 1. The highest BCUT2D eigenvalue weighted by molar-refractivity contribution is 4.98. The lowest BCUT2D eigenvalue weighted by atomic mass is 9.83. The van der Waals surface area contributed by atoms with Crippen LogP contribution in [-0.2, 0) is 0 Å². The van der Waals surface area contributed by atoms with Gasteiger partial charge in [0.25, 0.3) is 0 Å². The third-order valence-electron chi connectivity index (χ3n) is 2.29. The summed E-state index contributed by atoms with van der Waals surface area (Å²) in [6, 6.07) is 0. The van der Waals surface area contributed by atoms with E-state index < -0.39 is 0 Å². The van der Waals surface area contributed by atoms with Gasteiger partial charge in [0.05, 0.1) is 6.10 Å². The van der Waals surface area contributed by atoms with Crippen molar-refractivity contribution < 1.29 is 5.11 Å². The minimum atomic E-state index is -0.186. The number of aliphatic hydroxyl groups excluding tert-OH is 1. The normalized spacial score (nSPS) is 33.2. The Bertz CT molecular complexity index is 127. The van der Waals surface area contributed by atoms with Crippen LogP contribution in [0.3, 0.4) is 0 Å². The van der Waals surface area contributed by atoms with Gasteiger partial charge >= 0.3 is 0 Å². The molecule has 0 aliphatic heterocycles. The zero-order valence-electron chi connectivity index (χ0n) is 6.75. The summed E-state index contributed by atoms with van der Waals surface area (Å²) in [6.07, 6.45) is 6.10. The van der Waals surface area contributed by atoms with Crippen molar-refractivity contribution in [3.05, 3.63) is 12.2 Å². The van der Waals surface area contributed by atoms with Crippen LogP contribution in [0.4, 0.5) is 0 Å². The number of aliphatic hydroxyl groups is 1. The molecule has 0 saturated heterocycles. The van der Waals surface area contributed by atoms with Gasteiger partial charge in [0.15, 0.2) is 0 Å². The van der Waals surface area contributed by atoms with E-state index in [9.17, 15) is 5.11 Å². The molecule has 1 nitrogen and oxygen atoms in total. The molecule has 1 heteroatoms. The summed E-state index contributed by atoms with van der Waals surface area (Å²) < 4.78 is 0. The van der Waals surface area contributed by atoms with Crippen molar-refractivity contribution in [3.63, 3.8) is 0 Å². The quantitative estimate of drug-likeness (QED) is 0.552. The lowest BCUT2D eigenvalue weighted by molar-refractivity contribution is 0.110. The molecule has 0 aromatic carbocycles. The maximum atomic E-state index is 9.45. The summed E-state index contributed by atoms with van der Waals surface area (Å²) in [5.41, 5.74) is 0. The van der Waals surface area contributed by atoms with E-state index in [1.165, 1.54) is 0 Å². The first-order valence-corrected chi connectivity index (χ1v) is 4.06. The van der Waals surface area contributed by atoms with Crippen LogP contribution in [0, 0.1) is 11.8 Å².